The Kier molecular flexibility index (Phi) is 5.69. The minimum atomic E-state index is -3.68. The molecule has 2 N–H and O–H groups in total. The number of aromatic carboxylic acids is 1. The normalized spacial score (nSPS) is 13.9. The fourth-order valence-corrected chi connectivity index (χ4v) is 4.15. The van der Waals surface area contributed by atoms with Gasteiger partial charge in [-0.05, 0) is 26.1 Å². The van der Waals surface area contributed by atoms with Crippen LogP contribution < -0.4 is 4.72 Å². The standard InChI is InChI=1S/C12H20N2O4S2/c1-8(2)10(6-14(3)4)13-20(17,18)11-5-9(7-19-11)12(15)16/h5,7-8,10,13H,6H2,1-4H3,(H,15,16). The molecule has 1 rings (SSSR count). The van der Waals surface area contributed by atoms with E-state index in [1.165, 1.54) is 11.4 Å². The summed E-state index contributed by atoms with van der Waals surface area (Å²) >= 11 is 0.913. The number of rotatable bonds is 7. The van der Waals surface area contributed by atoms with Crippen LogP contribution in [0.1, 0.15) is 24.2 Å². The summed E-state index contributed by atoms with van der Waals surface area (Å²) in [7, 11) is 0.0604. The van der Waals surface area contributed by atoms with Gasteiger partial charge in [-0.3, -0.25) is 0 Å². The fraction of sp³-hybridized carbons (Fsp3) is 0.583. The smallest absolute Gasteiger partial charge is 0.336 e. The number of carboxylic acid groups (broad SMARTS) is 1. The molecule has 0 saturated heterocycles. The second-order valence-corrected chi connectivity index (χ2v) is 8.05. The molecule has 114 valence electrons. The Hall–Kier alpha value is -0.960. The van der Waals surface area contributed by atoms with Crippen LogP contribution in [0, 0.1) is 5.92 Å². The first-order valence-corrected chi connectivity index (χ1v) is 8.48. The van der Waals surface area contributed by atoms with Gasteiger partial charge in [0.2, 0.25) is 10.0 Å². The Balaban J connectivity index is 2.94. The molecule has 0 amide bonds. The first kappa shape index (κ1) is 17.1. The molecule has 0 spiro atoms. The van der Waals surface area contributed by atoms with Crippen molar-refractivity contribution >= 4 is 27.3 Å². The first-order chi connectivity index (χ1) is 9.13. The zero-order valence-corrected chi connectivity index (χ0v) is 13.6. The Labute approximate surface area is 123 Å². The van der Waals surface area contributed by atoms with Crippen LogP contribution in [-0.4, -0.2) is 51.1 Å². The van der Waals surface area contributed by atoms with Gasteiger partial charge in [0.05, 0.1) is 5.56 Å². The Bertz CT molecular complexity index is 564. The summed E-state index contributed by atoms with van der Waals surface area (Å²) in [5.41, 5.74) is -0.0101. The number of thiophene rings is 1. The molecule has 0 radical (unpaired) electrons. The molecule has 1 heterocycles. The summed E-state index contributed by atoms with van der Waals surface area (Å²) in [6, 6.07) is 0.952. The SMILES string of the molecule is CC(C)C(CN(C)C)NS(=O)(=O)c1cc(C(=O)O)cs1. The summed E-state index contributed by atoms with van der Waals surface area (Å²) in [6.07, 6.45) is 0. The average molecular weight is 320 g/mol. The molecule has 0 aromatic carbocycles. The molecule has 0 bridgehead atoms. The van der Waals surface area contributed by atoms with Crippen LogP contribution in [0.4, 0.5) is 0 Å². The number of nitrogens with zero attached hydrogens (tertiary/aromatic N) is 1. The highest BCUT2D eigenvalue weighted by Gasteiger charge is 2.25. The van der Waals surface area contributed by atoms with Crippen molar-refractivity contribution in [2.24, 2.45) is 5.92 Å². The monoisotopic (exact) mass is 320 g/mol. The van der Waals surface area contributed by atoms with Crippen molar-refractivity contribution in [1.29, 1.82) is 0 Å². The molecule has 6 nitrogen and oxygen atoms in total. The fourth-order valence-electron chi connectivity index (χ4n) is 1.60. The van der Waals surface area contributed by atoms with Crippen LogP contribution in [0.2, 0.25) is 0 Å². The predicted molar refractivity (Wildman–Crippen MR) is 78.8 cm³/mol. The lowest BCUT2D eigenvalue weighted by atomic mass is 10.1. The van der Waals surface area contributed by atoms with Crippen molar-refractivity contribution in [3.05, 3.63) is 17.0 Å². The van der Waals surface area contributed by atoms with Crippen molar-refractivity contribution < 1.29 is 18.3 Å². The summed E-state index contributed by atoms with van der Waals surface area (Å²) in [4.78, 5) is 12.7. The molecule has 1 unspecified atom stereocenters. The van der Waals surface area contributed by atoms with Crippen LogP contribution in [0.15, 0.2) is 15.7 Å². The van der Waals surface area contributed by atoms with Gasteiger partial charge in [0, 0.05) is 18.0 Å². The van der Waals surface area contributed by atoms with E-state index in [0.29, 0.717) is 6.54 Å². The highest BCUT2D eigenvalue weighted by Crippen LogP contribution is 2.21. The van der Waals surface area contributed by atoms with E-state index < -0.39 is 16.0 Å². The van der Waals surface area contributed by atoms with Crippen molar-refractivity contribution in [3.63, 3.8) is 0 Å². The average Bonchev–Trinajstić information content (AvgIpc) is 2.76. The van der Waals surface area contributed by atoms with Gasteiger partial charge in [-0.25, -0.2) is 17.9 Å². The van der Waals surface area contributed by atoms with E-state index in [4.69, 9.17) is 5.11 Å². The molecule has 8 heteroatoms. The zero-order valence-electron chi connectivity index (χ0n) is 12.0. The van der Waals surface area contributed by atoms with Gasteiger partial charge in [-0.2, -0.15) is 0 Å². The third-order valence-corrected chi connectivity index (χ3v) is 5.69. The number of carboxylic acids is 1. The number of sulfonamides is 1. The number of carbonyl (C=O) groups is 1. The predicted octanol–water partition coefficient (Wildman–Crippen LogP) is 1.31. The van der Waals surface area contributed by atoms with E-state index in [-0.39, 0.29) is 21.7 Å². The van der Waals surface area contributed by atoms with Crippen LogP contribution in [0.3, 0.4) is 0 Å². The first-order valence-electron chi connectivity index (χ1n) is 6.12. The number of likely N-dealkylation sites (N-methyl/N-ethyl adjacent to an activating group) is 1. The van der Waals surface area contributed by atoms with Crippen molar-refractivity contribution in [1.82, 2.24) is 9.62 Å². The minimum absolute atomic E-state index is 0.0101. The Morgan fingerprint density at radius 3 is 2.45 bits per heavy atom. The second kappa shape index (κ2) is 6.66. The molecule has 0 aliphatic carbocycles. The molecule has 0 saturated carbocycles. The van der Waals surface area contributed by atoms with Crippen LogP contribution >= 0.6 is 11.3 Å². The lowest BCUT2D eigenvalue weighted by molar-refractivity contribution is 0.0697. The topological polar surface area (TPSA) is 86.7 Å². The van der Waals surface area contributed by atoms with Crippen molar-refractivity contribution in [2.75, 3.05) is 20.6 Å². The highest BCUT2D eigenvalue weighted by atomic mass is 32.2. The van der Waals surface area contributed by atoms with E-state index in [0.717, 1.165) is 11.3 Å². The van der Waals surface area contributed by atoms with E-state index >= 15 is 0 Å². The Morgan fingerprint density at radius 2 is 2.05 bits per heavy atom. The quantitative estimate of drug-likeness (QED) is 0.791. The molecular formula is C12H20N2O4S2. The molecular weight excluding hydrogens is 300 g/mol. The number of nitrogens with one attached hydrogen (secondary N) is 1. The number of hydrogen-bond donors (Lipinski definition) is 2. The van der Waals surface area contributed by atoms with Gasteiger partial charge in [0.15, 0.2) is 0 Å². The van der Waals surface area contributed by atoms with Crippen molar-refractivity contribution in [3.8, 4) is 0 Å². The molecule has 1 aromatic heterocycles. The highest BCUT2D eigenvalue weighted by molar-refractivity contribution is 7.91. The third-order valence-electron chi connectivity index (χ3n) is 2.76. The summed E-state index contributed by atoms with van der Waals surface area (Å²) < 4.78 is 27.2. The van der Waals surface area contributed by atoms with Gasteiger partial charge in [0.25, 0.3) is 0 Å². The van der Waals surface area contributed by atoms with E-state index in [2.05, 4.69) is 4.72 Å². The van der Waals surface area contributed by atoms with Gasteiger partial charge >= 0.3 is 5.97 Å². The Morgan fingerprint density at radius 1 is 1.45 bits per heavy atom. The molecule has 1 atom stereocenters. The number of hydrogen-bond acceptors (Lipinski definition) is 5. The zero-order chi connectivity index (χ0) is 15.5. The van der Waals surface area contributed by atoms with Gasteiger partial charge in [-0.1, -0.05) is 13.8 Å². The molecule has 1 aromatic rings. The van der Waals surface area contributed by atoms with Gasteiger partial charge < -0.3 is 10.0 Å². The van der Waals surface area contributed by atoms with E-state index in [1.54, 1.807) is 0 Å². The van der Waals surface area contributed by atoms with E-state index in [9.17, 15) is 13.2 Å². The second-order valence-electron chi connectivity index (χ2n) is 5.19. The summed E-state index contributed by atoms with van der Waals surface area (Å²) in [5.74, 6) is -0.998. The van der Waals surface area contributed by atoms with Crippen LogP contribution in [0.25, 0.3) is 0 Å². The van der Waals surface area contributed by atoms with Gasteiger partial charge in [-0.15, -0.1) is 11.3 Å². The largest absolute Gasteiger partial charge is 0.478 e. The van der Waals surface area contributed by atoms with Crippen LogP contribution in [0.5, 0.6) is 0 Å². The summed E-state index contributed by atoms with van der Waals surface area (Å²) in [5, 5.41) is 10.2. The van der Waals surface area contributed by atoms with E-state index in [1.807, 2.05) is 32.8 Å². The lowest BCUT2D eigenvalue weighted by Gasteiger charge is -2.25. The molecule has 0 aliphatic rings. The maximum atomic E-state index is 12.3. The lowest BCUT2D eigenvalue weighted by Crippen LogP contribution is -2.44. The molecule has 20 heavy (non-hydrogen) atoms. The maximum absolute atomic E-state index is 12.3. The van der Waals surface area contributed by atoms with Gasteiger partial charge in [0.1, 0.15) is 4.21 Å². The van der Waals surface area contributed by atoms with Crippen LogP contribution in [-0.2, 0) is 10.0 Å². The third kappa shape index (κ3) is 4.55. The molecule has 0 fully saturated rings. The van der Waals surface area contributed by atoms with Crippen molar-refractivity contribution in [2.45, 2.75) is 24.1 Å². The molecule has 0 aliphatic heterocycles. The maximum Gasteiger partial charge on any atom is 0.336 e. The summed E-state index contributed by atoms with van der Waals surface area (Å²) in [6.45, 7) is 4.45. The minimum Gasteiger partial charge on any atom is -0.478 e.